The molecule has 55 heavy (non-hydrogen) atoms. The molecule has 4 aromatic rings. The summed E-state index contributed by atoms with van der Waals surface area (Å²) >= 11 is 0.621. The lowest BCUT2D eigenvalue weighted by atomic mass is 9.92. The van der Waals surface area contributed by atoms with Crippen molar-refractivity contribution < 1.29 is 53.8 Å². The van der Waals surface area contributed by atoms with E-state index in [0.717, 1.165) is 23.5 Å². The van der Waals surface area contributed by atoms with Gasteiger partial charge in [0.2, 0.25) is 0 Å². The van der Waals surface area contributed by atoms with Gasteiger partial charge in [0.1, 0.15) is 41.0 Å². The number of carbonyl (C=O) groups is 1. The molecule has 3 atom stereocenters. The molecule has 0 spiro atoms. The van der Waals surface area contributed by atoms with Crippen LogP contribution in [-0.4, -0.2) is 95.7 Å². The zero-order valence-corrected chi connectivity index (χ0v) is 29.8. The van der Waals surface area contributed by atoms with Gasteiger partial charge in [0.25, 0.3) is 0 Å². The predicted molar refractivity (Wildman–Crippen MR) is 183 cm³/mol. The van der Waals surface area contributed by atoms with Crippen molar-refractivity contribution in [3.8, 4) is 23.2 Å². The molecule has 5 heterocycles. The van der Waals surface area contributed by atoms with E-state index in [1.54, 1.807) is 13.0 Å². The molecule has 0 aliphatic carbocycles. The number of hydrogen-bond donors (Lipinski definition) is 1. The predicted octanol–water partition coefficient (Wildman–Crippen LogP) is 7.82. The van der Waals surface area contributed by atoms with E-state index in [-0.39, 0.29) is 72.1 Å². The first kappa shape index (κ1) is 38.5. The molecule has 0 radical (unpaired) electrons. The molecule has 20 heteroatoms. The number of likely N-dealkylation sites (N-methyl/N-ethyl adjacent to an activating group) is 1. The first-order chi connectivity index (χ1) is 25.9. The fourth-order valence-corrected chi connectivity index (χ4v) is 9.04. The fraction of sp³-hybridized carbons (Fsp3) is 0.486. The van der Waals surface area contributed by atoms with Gasteiger partial charge < -0.3 is 25.0 Å². The standard InChI is InChI=1S/C35H32F9N7O3S/c1-2-51(18-6-9-49(14-18)32(52)54-16-34(39,40)41)30-20-10-22(35(42,43)44)25(19-4-5-23(37)28-24(19)21(12-45)29(46)55-28)26(38)27(20)47-31(48-30)53-15-33-7-3-8-50(33)13-17(36)11-33/h4-5,10,17-18H,2-3,6-9,11,13-16,46H2,1H3. The highest BCUT2D eigenvalue weighted by atomic mass is 32.1. The molecular weight excluding hydrogens is 769 g/mol. The zero-order chi connectivity index (χ0) is 39.6. The Morgan fingerprint density at radius 2 is 1.93 bits per heavy atom. The second-order valence-electron chi connectivity index (χ2n) is 13.8. The van der Waals surface area contributed by atoms with Crippen LogP contribution in [0.4, 0.5) is 55.1 Å². The first-order valence-electron chi connectivity index (χ1n) is 17.2. The highest BCUT2D eigenvalue weighted by molar-refractivity contribution is 7.23. The molecule has 3 aliphatic rings. The van der Waals surface area contributed by atoms with E-state index in [4.69, 9.17) is 10.5 Å². The van der Waals surface area contributed by atoms with Crippen molar-refractivity contribution in [2.24, 2.45) is 0 Å². The minimum Gasteiger partial charge on any atom is -0.461 e. The summed E-state index contributed by atoms with van der Waals surface area (Å²) in [7, 11) is 0. The number of nitrogens with zero attached hydrogens (tertiary/aromatic N) is 6. The third-order valence-corrected chi connectivity index (χ3v) is 11.5. The molecule has 0 bridgehead atoms. The number of thiophene rings is 1. The van der Waals surface area contributed by atoms with E-state index in [1.807, 2.05) is 4.90 Å². The average Bonchev–Trinajstić information content (AvgIpc) is 3.89. The molecule has 1 amide bonds. The van der Waals surface area contributed by atoms with Crippen molar-refractivity contribution in [3.05, 3.63) is 41.0 Å². The molecule has 2 aromatic heterocycles. The van der Waals surface area contributed by atoms with Crippen LogP contribution in [0.2, 0.25) is 0 Å². The minimum absolute atomic E-state index is 0.0198. The smallest absolute Gasteiger partial charge is 0.422 e. The average molecular weight is 802 g/mol. The number of alkyl halides is 7. The molecule has 294 valence electrons. The van der Waals surface area contributed by atoms with E-state index in [0.29, 0.717) is 30.4 Å². The Labute approximate surface area is 311 Å². The molecule has 7 rings (SSSR count). The van der Waals surface area contributed by atoms with Crippen molar-refractivity contribution in [1.82, 2.24) is 19.8 Å². The summed E-state index contributed by atoms with van der Waals surface area (Å²) in [5.74, 6) is -2.61. The van der Waals surface area contributed by atoms with Crippen LogP contribution in [0.25, 0.3) is 32.1 Å². The molecule has 10 nitrogen and oxygen atoms in total. The molecule has 0 saturated carbocycles. The highest BCUT2D eigenvalue weighted by Gasteiger charge is 2.49. The van der Waals surface area contributed by atoms with Crippen molar-refractivity contribution in [1.29, 1.82) is 5.26 Å². The summed E-state index contributed by atoms with van der Waals surface area (Å²) < 4.78 is 140. The van der Waals surface area contributed by atoms with Crippen LogP contribution in [0, 0.1) is 23.0 Å². The van der Waals surface area contributed by atoms with E-state index >= 15 is 17.6 Å². The Hall–Kier alpha value is -4.77. The number of nitriles is 1. The summed E-state index contributed by atoms with van der Waals surface area (Å²) in [6.07, 6.45) is -10.8. The lowest BCUT2D eigenvalue weighted by molar-refractivity contribution is -0.162. The lowest BCUT2D eigenvalue weighted by Gasteiger charge is -2.32. The summed E-state index contributed by atoms with van der Waals surface area (Å²) in [5.41, 5.74) is 1.25. The Morgan fingerprint density at radius 1 is 1.16 bits per heavy atom. The molecular formula is C35H32F9N7O3S. The van der Waals surface area contributed by atoms with Crippen molar-refractivity contribution in [3.63, 3.8) is 0 Å². The molecule has 3 unspecified atom stereocenters. The van der Waals surface area contributed by atoms with Crippen LogP contribution in [0.1, 0.15) is 43.7 Å². The molecule has 3 saturated heterocycles. The number of hydrogen-bond acceptors (Lipinski definition) is 10. The van der Waals surface area contributed by atoms with Crippen LogP contribution in [-0.2, 0) is 10.9 Å². The Morgan fingerprint density at radius 3 is 2.62 bits per heavy atom. The summed E-state index contributed by atoms with van der Waals surface area (Å²) in [4.78, 5) is 25.6. The highest BCUT2D eigenvalue weighted by Crippen LogP contribution is 2.48. The monoisotopic (exact) mass is 801 g/mol. The maximum atomic E-state index is 17.2. The van der Waals surface area contributed by atoms with Gasteiger partial charge in [0.05, 0.1) is 21.4 Å². The van der Waals surface area contributed by atoms with Gasteiger partial charge in [-0.2, -0.15) is 41.6 Å². The maximum absolute atomic E-state index is 17.2. The Kier molecular flexibility index (Phi) is 9.85. The summed E-state index contributed by atoms with van der Waals surface area (Å²) in [6, 6.07) is 2.99. The number of aromatic nitrogens is 2. The lowest BCUT2D eigenvalue weighted by Crippen LogP contribution is -2.43. The number of halogens is 9. The zero-order valence-electron chi connectivity index (χ0n) is 29.0. The van der Waals surface area contributed by atoms with Crippen LogP contribution in [0.3, 0.4) is 0 Å². The number of likely N-dealkylation sites (tertiary alicyclic amines) is 1. The normalized spacial score (nSPS) is 21.7. The van der Waals surface area contributed by atoms with E-state index in [2.05, 4.69) is 14.7 Å². The topological polar surface area (TPSA) is 121 Å². The maximum Gasteiger partial charge on any atom is 0.422 e. The SMILES string of the molecule is CCN(c1nc(OCC23CCCN2CC(F)C3)nc2c(F)c(-c3ccc(F)c4sc(N)c(C#N)c34)c(C(F)(F)F)cc12)C1CCN(C(=O)OCC(F)(F)F)C1. The number of anilines is 2. The van der Waals surface area contributed by atoms with Crippen molar-refractivity contribution >= 4 is 49.2 Å². The number of amides is 1. The third-order valence-electron chi connectivity index (χ3n) is 10.5. The van der Waals surface area contributed by atoms with Gasteiger partial charge in [-0.1, -0.05) is 6.07 Å². The van der Waals surface area contributed by atoms with Crippen molar-refractivity contribution in [2.45, 2.75) is 62.7 Å². The molecule has 3 aliphatic heterocycles. The van der Waals surface area contributed by atoms with E-state index in [1.165, 1.54) is 4.90 Å². The molecule has 2 aromatic carbocycles. The van der Waals surface area contributed by atoms with E-state index in [9.17, 15) is 32.0 Å². The Balaban J connectivity index is 1.39. The number of nitrogen functional groups attached to an aromatic ring is 1. The van der Waals surface area contributed by atoms with Crippen LogP contribution < -0.4 is 15.4 Å². The van der Waals surface area contributed by atoms with Crippen LogP contribution in [0.15, 0.2) is 18.2 Å². The van der Waals surface area contributed by atoms with Gasteiger partial charge in [0.15, 0.2) is 12.4 Å². The quantitative estimate of drug-likeness (QED) is 0.178. The second-order valence-corrected chi connectivity index (χ2v) is 14.8. The van der Waals surface area contributed by atoms with Gasteiger partial charge in [0, 0.05) is 55.0 Å². The largest absolute Gasteiger partial charge is 0.461 e. The van der Waals surface area contributed by atoms with Crippen LogP contribution in [0.5, 0.6) is 6.01 Å². The summed E-state index contributed by atoms with van der Waals surface area (Å²) in [5, 5.41) is 8.91. The van der Waals surface area contributed by atoms with Crippen LogP contribution >= 0.6 is 11.3 Å². The number of carbonyl (C=O) groups excluding carboxylic acids is 1. The first-order valence-corrected chi connectivity index (χ1v) is 18.1. The van der Waals surface area contributed by atoms with Gasteiger partial charge >= 0.3 is 24.5 Å². The van der Waals surface area contributed by atoms with Gasteiger partial charge in [-0.05, 0) is 50.4 Å². The number of ether oxygens (including phenoxy) is 2. The van der Waals surface area contributed by atoms with Gasteiger partial charge in [-0.25, -0.2) is 18.0 Å². The van der Waals surface area contributed by atoms with Crippen molar-refractivity contribution in [2.75, 3.05) is 56.6 Å². The number of rotatable bonds is 8. The fourth-order valence-electron chi connectivity index (χ4n) is 8.10. The number of benzene rings is 2. The number of fused-ring (bicyclic) bond motifs is 3. The molecule has 3 fully saturated rings. The number of nitrogens with two attached hydrogens (primary N) is 1. The minimum atomic E-state index is -5.23. The van der Waals surface area contributed by atoms with Gasteiger partial charge in [-0.3, -0.25) is 4.90 Å². The van der Waals surface area contributed by atoms with E-state index < -0.39 is 88.0 Å². The molecule has 2 N–H and O–H groups in total. The Bertz CT molecular complexity index is 2210. The third kappa shape index (κ3) is 7.00. The summed E-state index contributed by atoms with van der Waals surface area (Å²) in [6.45, 7) is 0.213. The second kappa shape index (κ2) is 14.1. The van der Waals surface area contributed by atoms with Gasteiger partial charge in [-0.15, -0.1) is 11.3 Å².